The largest absolute Gasteiger partial charge is 0.399 e. The van der Waals surface area contributed by atoms with E-state index in [2.05, 4.69) is 20.6 Å². The summed E-state index contributed by atoms with van der Waals surface area (Å²) in [7, 11) is 0. The number of nitrogens with two attached hydrogens (primary N) is 4. The summed E-state index contributed by atoms with van der Waals surface area (Å²) in [6, 6.07) is 7.66. The van der Waals surface area contributed by atoms with Crippen LogP contribution in [0.25, 0.3) is 0 Å². The van der Waals surface area contributed by atoms with Gasteiger partial charge in [0.1, 0.15) is 5.69 Å². The SMILES string of the molecule is Cl.Cl.Cl.Cl.Nc1ccc(NCCCCNc2nc(N)c(N)c(N)n2)cc1. The first-order valence-corrected chi connectivity index (χ1v) is 7.08. The monoisotopic (exact) mass is 446 g/mol. The number of hydrogen-bond donors (Lipinski definition) is 6. The van der Waals surface area contributed by atoms with Crippen molar-refractivity contribution < 1.29 is 0 Å². The maximum absolute atomic E-state index is 5.63. The van der Waals surface area contributed by atoms with Gasteiger partial charge in [0.15, 0.2) is 11.6 Å². The number of rotatable bonds is 7. The minimum absolute atomic E-state index is 0. The number of halogens is 4. The zero-order valence-corrected chi connectivity index (χ0v) is 17.2. The van der Waals surface area contributed by atoms with Crippen molar-refractivity contribution in [1.82, 2.24) is 9.97 Å². The van der Waals surface area contributed by atoms with Crippen molar-refractivity contribution in [2.24, 2.45) is 0 Å². The summed E-state index contributed by atoms with van der Waals surface area (Å²) in [5, 5.41) is 6.40. The van der Waals surface area contributed by atoms with Gasteiger partial charge in [-0.05, 0) is 37.1 Å². The van der Waals surface area contributed by atoms with Crippen LogP contribution in [0.3, 0.4) is 0 Å². The minimum atomic E-state index is 0. The topological polar surface area (TPSA) is 154 Å². The molecule has 1 aromatic heterocycles. The van der Waals surface area contributed by atoms with Gasteiger partial charge in [0.2, 0.25) is 5.95 Å². The number of nitrogen functional groups attached to an aromatic ring is 4. The standard InChI is InChI=1S/C14H22N8.4ClH/c15-9-3-5-10(6-4-9)19-7-1-2-8-20-14-21-12(17)11(16)13(18)22-14;;;;/h3-6,19H,1-2,7-8,15-16H2,(H5,17,18,20,21,22);4*1H. The Morgan fingerprint density at radius 2 is 1.15 bits per heavy atom. The van der Waals surface area contributed by atoms with Gasteiger partial charge in [-0.3, -0.25) is 0 Å². The predicted octanol–water partition coefficient (Wildman–Crippen LogP) is 2.80. The van der Waals surface area contributed by atoms with Crippen LogP contribution in [0, 0.1) is 0 Å². The average Bonchev–Trinajstić information content (AvgIpc) is 2.50. The molecule has 26 heavy (non-hydrogen) atoms. The molecule has 1 heterocycles. The van der Waals surface area contributed by atoms with E-state index in [-0.39, 0.29) is 67.0 Å². The van der Waals surface area contributed by atoms with Crippen LogP contribution in [0.15, 0.2) is 24.3 Å². The highest BCUT2D eigenvalue weighted by Crippen LogP contribution is 2.19. The van der Waals surface area contributed by atoms with E-state index in [0.29, 0.717) is 5.95 Å². The first-order chi connectivity index (χ1) is 10.6. The third-order valence-corrected chi connectivity index (χ3v) is 3.13. The van der Waals surface area contributed by atoms with Crippen molar-refractivity contribution in [2.75, 3.05) is 46.7 Å². The molecule has 10 N–H and O–H groups in total. The van der Waals surface area contributed by atoms with Crippen LogP contribution in [0.5, 0.6) is 0 Å². The Bertz CT molecular complexity index is 604. The quantitative estimate of drug-likeness (QED) is 0.279. The zero-order chi connectivity index (χ0) is 15.9. The molecule has 12 heteroatoms. The molecule has 0 aliphatic carbocycles. The van der Waals surface area contributed by atoms with E-state index in [0.717, 1.165) is 37.3 Å². The molecule has 0 aliphatic heterocycles. The van der Waals surface area contributed by atoms with Crippen LogP contribution in [-0.4, -0.2) is 23.1 Å². The molecule has 0 unspecified atom stereocenters. The normalized spacial score (nSPS) is 8.77. The number of unbranched alkanes of at least 4 members (excludes halogenated alkanes) is 1. The van der Waals surface area contributed by atoms with Gasteiger partial charge in [0, 0.05) is 24.5 Å². The van der Waals surface area contributed by atoms with E-state index < -0.39 is 0 Å². The van der Waals surface area contributed by atoms with Crippen molar-refractivity contribution in [3.8, 4) is 0 Å². The molecule has 2 aromatic rings. The molecule has 0 amide bonds. The maximum Gasteiger partial charge on any atom is 0.226 e. The van der Waals surface area contributed by atoms with Gasteiger partial charge in [-0.15, -0.1) is 49.6 Å². The van der Waals surface area contributed by atoms with Gasteiger partial charge in [0.25, 0.3) is 0 Å². The lowest BCUT2D eigenvalue weighted by Crippen LogP contribution is -2.12. The first kappa shape index (κ1) is 29.0. The number of benzene rings is 1. The lowest BCUT2D eigenvalue weighted by atomic mass is 10.2. The lowest BCUT2D eigenvalue weighted by molar-refractivity contribution is 0.791. The summed E-state index contributed by atoms with van der Waals surface area (Å²) in [6.45, 7) is 1.60. The number of aromatic nitrogens is 2. The molecular weight excluding hydrogens is 422 g/mol. The fraction of sp³-hybridized carbons (Fsp3) is 0.286. The first-order valence-electron chi connectivity index (χ1n) is 7.08. The highest BCUT2D eigenvalue weighted by Gasteiger charge is 2.05. The van der Waals surface area contributed by atoms with Gasteiger partial charge < -0.3 is 33.6 Å². The molecule has 8 nitrogen and oxygen atoms in total. The predicted molar refractivity (Wildman–Crippen MR) is 121 cm³/mol. The van der Waals surface area contributed by atoms with Crippen LogP contribution in [0.1, 0.15) is 12.8 Å². The molecule has 0 aliphatic rings. The highest BCUT2D eigenvalue weighted by molar-refractivity contribution is 5.86. The fourth-order valence-corrected chi connectivity index (χ4v) is 1.87. The van der Waals surface area contributed by atoms with E-state index in [1.165, 1.54) is 0 Å². The molecule has 0 saturated carbocycles. The molecule has 0 saturated heterocycles. The zero-order valence-electron chi connectivity index (χ0n) is 14.0. The summed E-state index contributed by atoms with van der Waals surface area (Å²) in [5.74, 6) is 0.788. The second-order valence-corrected chi connectivity index (χ2v) is 4.91. The van der Waals surface area contributed by atoms with Gasteiger partial charge >= 0.3 is 0 Å². The smallest absolute Gasteiger partial charge is 0.226 e. The third kappa shape index (κ3) is 9.10. The van der Waals surface area contributed by atoms with Crippen LogP contribution >= 0.6 is 49.6 Å². The van der Waals surface area contributed by atoms with Crippen LogP contribution in [0.4, 0.5) is 34.6 Å². The molecule has 1 aromatic carbocycles. The van der Waals surface area contributed by atoms with E-state index in [9.17, 15) is 0 Å². The molecule has 0 bridgehead atoms. The van der Waals surface area contributed by atoms with Gasteiger partial charge in [-0.1, -0.05) is 0 Å². The fourth-order valence-electron chi connectivity index (χ4n) is 1.87. The molecule has 0 atom stereocenters. The van der Waals surface area contributed by atoms with E-state index in [4.69, 9.17) is 22.9 Å². The lowest BCUT2D eigenvalue weighted by Gasteiger charge is -2.09. The van der Waals surface area contributed by atoms with Crippen LogP contribution in [0.2, 0.25) is 0 Å². The minimum Gasteiger partial charge on any atom is -0.399 e. The Kier molecular flexibility index (Phi) is 16.1. The van der Waals surface area contributed by atoms with Crippen molar-refractivity contribution in [3.05, 3.63) is 24.3 Å². The Labute approximate surface area is 177 Å². The Morgan fingerprint density at radius 1 is 0.692 bits per heavy atom. The van der Waals surface area contributed by atoms with Crippen molar-refractivity contribution in [2.45, 2.75) is 12.8 Å². The number of hydrogen-bond acceptors (Lipinski definition) is 8. The summed E-state index contributed by atoms with van der Waals surface area (Å²) in [5.41, 5.74) is 24.5. The average molecular weight is 448 g/mol. The highest BCUT2D eigenvalue weighted by atomic mass is 35.5. The maximum atomic E-state index is 5.63. The molecule has 2 rings (SSSR count). The van der Waals surface area contributed by atoms with Gasteiger partial charge in [-0.2, -0.15) is 9.97 Å². The number of nitrogens with zero attached hydrogens (tertiary/aromatic N) is 2. The van der Waals surface area contributed by atoms with Gasteiger partial charge in [-0.25, -0.2) is 0 Å². The number of nitrogens with one attached hydrogen (secondary N) is 2. The molecule has 0 radical (unpaired) electrons. The van der Waals surface area contributed by atoms with E-state index in [1.807, 2.05) is 24.3 Å². The Hall–Kier alpha value is -1.74. The Balaban J connectivity index is -0.00000132. The molecule has 0 spiro atoms. The number of anilines is 6. The van der Waals surface area contributed by atoms with Crippen molar-refractivity contribution in [3.63, 3.8) is 0 Å². The second-order valence-electron chi connectivity index (χ2n) is 4.91. The van der Waals surface area contributed by atoms with Crippen LogP contribution in [-0.2, 0) is 0 Å². The molecular formula is C14H26Cl4N8. The molecule has 0 fully saturated rings. The van der Waals surface area contributed by atoms with E-state index in [1.54, 1.807) is 0 Å². The van der Waals surface area contributed by atoms with Gasteiger partial charge in [0.05, 0.1) is 0 Å². The Morgan fingerprint density at radius 3 is 1.65 bits per heavy atom. The summed E-state index contributed by atoms with van der Waals surface area (Å²) < 4.78 is 0. The second kappa shape index (κ2) is 14.4. The van der Waals surface area contributed by atoms with E-state index >= 15 is 0 Å². The van der Waals surface area contributed by atoms with Crippen molar-refractivity contribution in [1.29, 1.82) is 0 Å². The summed E-state index contributed by atoms with van der Waals surface area (Å²) in [6.07, 6.45) is 1.95. The van der Waals surface area contributed by atoms with Crippen LogP contribution < -0.4 is 33.6 Å². The molecule has 150 valence electrons. The van der Waals surface area contributed by atoms with Crippen molar-refractivity contribution >= 4 is 84.3 Å². The summed E-state index contributed by atoms with van der Waals surface area (Å²) in [4.78, 5) is 8.06. The summed E-state index contributed by atoms with van der Waals surface area (Å²) >= 11 is 0. The third-order valence-electron chi connectivity index (χ3n) is 3.13.